The summed E-state index contributed by atoms with van der Waals surface area (Å²) in [6, 6.07) is 13.0. The molecule has 2 nitrogen and oxygen atoms in total. The first-order chi connectivity index (χ1) is 9.52. The molecule has 2 aromatic carbocycles. The monoisotopic (exact) mass is 336 g/mol. The van der Waals surface area contributed by atoms with Crippen LogP contribution in [0.5, 0.6) is 0 Å². The summed E-state index contributed by atoms with van der Waals surface area (Å²) < 4.78 is 14.8. The van der Waals surface area contributed by atoms with Gasteiger partial charge in [0.05, 0.1) is 6.04 Å². The minimum absolute atomic E-state index is 0.189. The third-order valence-corrected chi connectivity index (χ3v) is 3.95. The third-order valence-electron chi connectivity index (χ3n) is 3.45. The van der Waals surface area contributed by atoms with Crippen molar-refractivity contribution >= 4 is 21.6 Å². The maximum atomic E-state index is 14.1. The first-order valence-corrected chi connectivity index (χ1v) is 7.26. The highest BCUT2D eigenvalue weighted by Crippen LogP contribution is 2.28. The zero-order valence-corrected chi connectivity index (χ0v) is 13.2. The number of nitrogens with two attached hydrogens (primary N) is 1. The van der Waals surface area contributed by atoms with Crippen LogP contribution in [-0.2, 0) is 0 Å². The van der Waals surface area contributed by atoms with Gasteiger partial charge in [0.1, 0.15) is 5.82 Å². The SMILES string of the molecule is Cc1ccc(N(C)C(CN)c2ccc(Br)cc2F)cc1. The number of benzene rings is 2. The van der Waals surface area contributed by atoms with Crippen LogP contribution in [0, 0.1) is 12.7 Å². The van der Waals surface area contributed by atoms with Crippen molar-refractivity contribution < 1.29 is 4.39 Å². The summed E-state index contributed by atoms with van der Waals surface area (Å²) in [5.41, 5.74) is 8.69. The summed E-state index contributed by atoms with van der Waals surface area (Å²) in [5, 5.41) is 0. The number of anilines is 1. The second-order valence-electron chi connectivity index (χ2n) is 4.86. The molecule has 106 valence electrons. The fourth-order valence-electron chi connectivity index (χ4n) is 2.23. The number of nitrogens with zero attached hydrogens (tertiary/aromatic N) is 1. The van der Waals surface area contributed by atoms with Crippen LogP contribution in [0.15, 0.2) is 46.9 Å². The molecule has 0 aliphatic rings. The lowest BCUT2D eigenvalue weighted by Gasteiger charge is -2.30. The van der Waals surface area contributed by atoms with Gasteiger partial charge in [0.2, 0.25) is 0 Å². The summed E-state index contributed by atoms with van der Waals surface area (Å²) >= 11 is 3.27. The Morgan fingerprint density at radius 3 is 2.40 bits per heavy atom. The number of hydrogen-bond donors (Lipinski definition) is 1. The molecular formula is C16H18BrFN2. The van der Waals surface area contributed by atoms with Crippen molar-refractivity contribution in [2.24, 2.45) is 5.73 Å². The Hall–Kier alpha value is -1.39. The van der Waals surface area contributed by atoms with Gasteiger partial charge >= 0.3 is 0 Å². The standard InChI is InChI=1S/C16H18BrFN2/c1-11-3-6-13(7-4-11)20(2)16(10-19)14-8-5-12(17)9-15(14)18/h3-9,16H,10,19H2,1-2H3. The lowest BCUT2D eigenvalue weighted by molar-refractivity contribution is 0.572. The fourth-order valence-corrected chi connectivity index (χ4v) is 2.56. The van der Waals surface area contributed by atoms with Crippen LogP contribution in [0.25, 0.3) is 0 Å². The van der Waals surface area contributed by atoms with Gasteiger partial charge in [-0.1, -0.05) is 39.7 Å². The zero-order valence-electron chi connectivity index (χ0n) is 11.6. The van der Waals surface area contributed by atoms with E-state index < -0.39 is 0 Å². The van der Waals surface area contributed by atoms with Gasteiger partial charge < -0.3 is 10.6 Å². The maximum Gasteiger partial charge on any atom is 0.129 e. The fraction of sp³-hybridized carbons (Fsp3) is 0.250. The van der Waals surface area contributed by atoms with Crippen molar-refractivity contribution in [3.63, 3.8) is 0 Å². The molecular weight excluding hydrogens is 319 g/mol. The van der Waals surface area contributed by atoms with E-state index in [1.807, 2.05) is 49.2 Å². The molecule has 0 spiro atoms. The van der Waals surface area contributed by atoms with Gasteiger partial charge in [-0.15, -0.1) is 0 Å². The van der Waals surface area contributed by atoms with Crippen molar-refractivity contribution in [2.45, 2.75) is 13.0 Å². The number of rotatable bonds is 4. The Balaban J connectivity index is 2.33. The van der Waals surface area contributed by atoms with E-state index in [1.165, 1.54) is 11.6 Å². The first kappa shape index (κ1) is 15.0. The predicted molar refractivity (Wildman–Crippen MR) is 85.5 cm³/mol. The summed E-state index contributed by atoms with van der Waals surface area (Å²) in [6.07, 6.45) is 0. The van der Waals surface area contributed by atoms with Gasteiger partial charge in [-0.05, 0) is 31.2 Å². The molecule has 2 rings (SSSR count). The number of aryl methyl sites for hydroxylation is 1. The van der Waals surface area contributed by atoms with Crippen LogP contribution in [0.2, 0.25) is 0 Å². The average molecular weight is 337 g/mol. The summed E-state index contributed by atoms with van der Waals surface area (Å²) in [4.78, 5) is 2.01. The minimum atomic E-state index is -0.242. The van der Waals surface area contributed by atoms with Crippen molar-refractivity contribution in [3.05, 3.63) is 63.9 Å². The molecule has 20 heavy (non-hydrogen) atoms. The van der Waals surface area contributed by atoms with E-state index in [4.69, 9.17) is 5.73 Å². The summed E-state index contributed by atoms with van der Waals surface area (Å²) in [6.45, 7) is 2.39. The predicted octanol–water partition coefficient (Wildman–Crippen LogP) is 4.03. The first-order valence-electron chi connectivity index (χ1n) is 6.47. The molecule has 0 saturated carbocycles. The number of halogens is 2. The van der Waals surface area contributed by atoms with Gasteiger partial charge in [-0.3, -0.25) is 0 Å². The van der Waals surface area contributed by atoms with Crippen molar-refractivity contribution in [3.8, 4) is 0 Å². The van der Waals surface area contributed by atoms with E-state index in [9.17, 15) is 4.39 Å². The largest absolute Gasteiger partial charge is 0.366 e. The highest BCUT2D eigenvalue weighted by atomic mass is 79.9. The van der Waals surface area contributed by atoms with Gasteiger partial charge in [0, 0.05) is 29.3 Å². The number of likely N-dealkylation sites (N-methyl/N-ethyl adjacent to an activating group) is 1. The normalized spacial score (nSPS) is 12.2. The molecule has 2 N–H and O–H groups in total. The Morgan fingerprint density at radius 1 is 1.20 bits per heavy atom. The van der Waals surface area contributed by atoms with Crippen molar-refractivity contribution in [1.29, 1.82) is 0 Å². The summed E-state index contributed by atoms with van der Waals surface area (Å²) in [5.74, 6) is -0.242. The lowest BCUT2D eigenvalue weighted by Crippen LogP contribution is -2.31. The van der Waals surface area contributed by atoms with E-state index in [-0.39, 0.29) is 11.9 Å². The van der Waals surface area contributed by atoms with Gasteiger partial charge in [0.15, 0.2) is 0 Å². The average Bonchev–Trinajstić information content (AvgIpc) is 2.42. The molecule has 0 fully saturated rings. The minimum Gasteiger partial charge on any atom is -0.366 e. The number of hydrogen-bond acceptors (Lipinski definition) is 2. The lowest BCUT2D eigenvalue weighted by atomic mass is 10.0. The summed E-state index contributed by atoms with van der Waals surface area (Å²) in [7, 11) is 1.93. The smallest absolute Gasteiger partial charge is 0.129 e. The van der Waals surface area contributed by atoms with Crippen molar-refractivity contribution in [2.75, 3.05) is 18.5 Å². The molecule has 0 aliphatic heterocycles. The molecule has 0 aromatic heterocycles. The molecule has 4 heteroatoms. The van der Waals surface area contributed by atoms with Crippen LogP contribution in [0.1, 0.15) is 17.2 Å². The van der Waals surface area contributed by atoms with Crippen LogP contribution < -0.4 is 10.6 Å². The molecule has 1 unspecified atom stereocenters. The van der Waals surface area contributed by atoms with E-state index in [0.29, 0.717) is 12.1 Å². The van der Waals surface area contributed by atoms with Crippen LogP contribution in [0.4, 0.5) is 10.1 Å². The maximum absolute atomic E-state index is 14.1. The van der Waals surface area contributed by atoms with Crippen molar-refractivity contribution in [1.82, 2.24) is 0 Å². The molecule has 1 atom stereocenters. The quantitative estimate of drug-likeness (QED) is 0.913. The Labute approximate surface area is 127 Å². The zero-order chi connectivity index (χ0) is 14.7. The van der Waals surface area contributed by atoms with E-state index in [2.05, 4.69) is 15.9 Å². The molecule has 0 bridgehead atoms. The van der Waals surface area contributed by atoms with Gasteiger partial charge in [0.25, 0.3) is 0 Å². The molecule has 0 saturated heterocycles. The van der Waals surface area contributed by atoms with Crippen LogP contribution in [0.3, 0.4) is 0 Å². The highest BCUT2D eigenvalue weighted by molar-refractivity contribution is 9.10. The third kappa shape index (κ3) is 3.19. The topological polar surface area (TPSA) is 29.3 Å². The van der Waals surface area contributed by atoms with E-state index >= 15 is 0 Å². The molecule has 0 heterocycles. The Kier molecular flexibility index (Phi) is 4.78. The highest BCUT2D eigenvalue weighted by Gasteiger charge is 2.19. The van der Waals surface area contributed by atoms with Gasteiger partial charge in [-0.2, -0.15) is 0 Å². The van der Waals surface area contributed by atoms with Crippen LogP contribution in [-0.4, -0.2) is 13.6 Å². The molecule has 2 aromatic rings. The molecule has 0 amide bonds. The van der Waals surface area contributed by atoms with E-state index in [1.54, 1.807) is 6.07 Å². The second kappa shape index (κ2) is 6.37. The Morgan fingerprint density at radius 2 is 1.85 bits per heavy atom. The van der Waals surface area contributed by atoms with Gasteiger partial charge in [-0.25, -0.2) is 4.39 Å². The van der Waals surface area contributed by atoms with E-state index in [0.717, 1.165) is 10.2 Å². The second-order valence-corrected chi connectivity index (χ2v) is 5.78. The molecule has 0 radical (unpaired) electrons. The Bertz CT molecular complexity index is 584. The molecule has 0 aliphatic carbocycles. The van der Waals surface area contributed by atoms with Crippen LogP contribution >= 0.6 is 15.9 Å².